The summed E-state index contributed by atoms with van der Waals surface area (Å²) in [4.78, 5) is 0. The normalized spacial score (nSPS) is 11.0. The topological polar surface area (TPSA) is 43.9 Å². The Balaban J connectivity index is 1.70. The molecule has 0 saturated heterocycles. The van der Waals surface area contributed by atoms with Gasteiger partial charge in [-0.3, -0.25) is 4.57 Å². The van der Waals surface area contributed by atoms with Gasteiger partial charge in [-0.1, -0.05) is 41.6 Å². The molecule has 6 heteroatoms. The third-order valence-electron chi connectivity index (χ3n) is 3.95. The van der Waals surface area contributed by atoms with Gasteiger partial charge in [-0.05, 0) is 48.9 Å². The Morgan fingerprint density at radius 2 is 1.77 bits per heavy atom. The molecule has 0 unspecified atom stereocenters. The first-order chi connectivity index (χ1) is 12.7. The fourth-order valence-corrected chi connectivity index (χ4v) is 3.49. The quantitative estimate of drug-likeness (QED) is 0.452. The van der Waals surface area contributed by atoms with Gasteiger partial charge in [-0.25, -0.2) is 4.39 Å². The van der Waals surface area contributed by atoms with Crippen LogP contribution in [0.2, 0.25) is 0 Å². The van der Waals surface area contributed by atoms with Crippen molar-refractivity contribution in [2.24, 2.45) is 0 Å². The lowest BCUT2D eigenvalue weighted by atomic mass is 10.2. The first-order valence-corrected chi connectivity index (χ1v) is 9.13. The van der Waals surface area contributed by atoms with E-state index in [0.717, 1.165) is 16.4 Å². The molecule has 0 saturated carbocycles. The molecule has 0 N–H and O–H groups in total. The average molecular weight is 365 g/mol. The molecule has 130 valence electrons. The number of halogens is 1. The van der Waals surface area contributed by atoms with Gasteiger partial charge in [0.1, 0.15) is 5.82 Å². The van der Waals surface area contributed by atoms with E-state index in [0.29, 0.717) is 17.3 Å². The molecule has 0 aliphatic carbocycles. The van der Waals surface area contributed by atoms with E-state index < -0.39 is 0 Å². The van der Waals surface area contributed by atoms with Crippen molar-refractivity contribution in [2.75, 3.05) is 0 Å². The highest BCUT2D eigenvalue weighted by atomic mass is 32.2. The standard InChI is InChI=1S/C20H16FN3OS/c1-14-4-10-17(11-5-14)24-19(18-3-2-12-25-18)22-23-20(24)26-13-15-6-8-16(21)9-7-15/h2-12H,13H2,1H3. The zero-order valence-electron chi connectivity index (χ0n) is 14.1. The number of aromatic nitrogens is 3. The van der Waals surface area contributed by atoms with Crippen LogP contribution in [0, 0.1) is 12.7 Å². The zero-order chi connectivity index (χ0) is 17.9. The number of aryl methyl sites for hydroxylation is 1. The van der Waals surface area contributed by atoms with Crippen LogP contribution in [-0.4, -0.2) is 14.8 Å². The van der Waals surface area contributed by atoms with Gasteiger partial charge in [0.15, 0.2) is 10.9 Å². The van der Waals surface area contributed by atoms with Crippen molar-refractivity contribution < 1.29 is 8.81 Å². The summed E-state index contributed by atoms with van der Waals surface area (Å²) in [5.74, 6) is 1.75. The molecule has 0 bridgehead atoms. The second kappa shape index (κ2) is 7.17. The largest absolute Gasteiger partial charge is 0.461 e. The lowest BCUT2D eigenvalue weighted by Gasteiger charge is -2.09. The van der Waals surface area contributed by atoms with E-state index >= 15 is 0 Å². The van der Waals surface area contributed by atoms with Crippen molar-refractivity contribution in [3.8, 4) is 17.3 Å². The number of hydrogen-bond donors (Lipinski definition) is 0. The minimum Gasteiger partial charge on any atom is -0.461 e. The zero-order valence-corrected chi connectivity index (χ0v) is 14.9. The molecule has 0 atom stereocenters. The molecule has 2 aromatic carbocycles. The predicted molar refractivity (Wildman–Crippen MR) is 99.8 cm³/mol. The number of rotatable bonds is 5. The van der Waals surface area contributed by atoms with Crippen molar-refractivity contribution in [3.05, 3.63) is 83.9 Å². The van der Waals surface area contributed by atoms with Crippen molar-refractivity contribution in [2.45, 2.75) is 17.8 Å². The van der Waals surface area contributed by atoms with Gasteiger partial charge in [0.25, 0.3) is 0 Å². The van der Waals surface area contributed by atoms with Crippen molar-refractivity contribution >= 4 is 11.8 Å². The number of benzene rings is 2. The van der Waals surface area contributed by atoms with Crippen LogP contribution in [0.5, 0.6) is 0 Å². The summed E-state index contributed by atoms with van der Waals surface area (Å²) in [6.45, 7) is 2.05. The Hall–Kier alpha value is -2.86. The summed E-state index contributed by atoms with van der Waals surface area (Å²) in [7, 11) is 0. The first kappa shape index (κ1) is 16.6. The van der Waals surface area contributed by atoms with Crippen LogP contribution in [0.25, 0.3) is 17.3 Å². The maximum atomic E-state index is 13.1. The lowest BCUT2D eigenvalue weighted by molar-refractivity contribution is 0.575. The Morgan fingerprint density at radius 3 is 2.46 bits per heavy atom. The molecule has 4 rings (SSSR count). The predicted octanol–water partition coefficient (Wildman–Crippen LogP) is 5.27. The maximum Gasteiger partial charge on any atom is 0.205 e. The smallest absolute Gasteiger partial charge is 0.205 e. The molecule has 0 aliphatic heterocycles. The van der Waals surface area contributed by atoms with Gasteiger partial charge in [0.05, 0.1) is 6.26 Å². The molecule has 4 aromatic rings. The van der Waals surface area contributed by atoms with E-state index in [1.54, 1.807) is 30.2 Å². The van der Waals surface area contributed by atoms with E-state index in [-0.39, 0.29) is 5.82 Å². The van der Waals surface area contributed by atoms with Crippen LogP contribution in [0.15, 0.2) is 76.5 Å². The number of hydrogen-bond acceptors (Lipinski definition) is 4. The second-order valence-electron chi connectivity index (χ2n) is 5.87. The van der Waals surface area contributed by atoms with Crippen LogP contribution in [0.3, 0.4) is 0 Å². The van der Waals surface area contributed by atoms with Crippen molar-refractivity contribution in [3.63, 3.8) is 0 Å². The molecule has 0 radical (unpaired) electrons. The second-order valence-corrected chi connectivity index (χ2v) is 6.81. The third-order valence-corrected chi connectivity index (χ3v) is 4.95. The van der Waals surface area contributed by atoms with Crippen molar-refractivity contribution in [1.82, 2.24) is 14.8 Å². The minimum absolute atomic E-state index is 0.235. The third kappa shape index (κ3) is 3.41. The Morgan fingerprint density at radius 1 is 1.00 bits per heavy atom. The van der Waals surface area contributed by atoms with Gasteiger partial charge in [-0.2, -0.15) is 0 Å². The van der Waals surface area contributed by atoms with Crippen LogP contribution in [-0.2, 0) is 5.75 Å². The summed E-state index contributed by atoms with van der Waals surface area (Å²) >= 11 is 1.55. The molecule has 0 fully saturated rings. The summed E-state index contributed by atoms with van der Waals surface area (Å²) in [6.07, 6.45) is 1.62. The van der Waals surface area contributed by atoms with Gasteiger partial charge >= 0.3 is 0 Å². The van der Waals surface area contributed by atoms with Crippen LogP contribution in [0.4, 0.5) is 4.39 Å². The lowest BCUT2D eigenvalue weighted by Crippen LogP contribution is -1.99. The highest BCUT2D eigenvalue weighted by Gasteiger charge is 2.18. The van der Waals surface area contributed by atoms with E-state index in [1.807, 2.05) is 35.8 Å². The van der Waals surface area contributed by atoms with E-state index in [4.69, 9.17) is 4.42 Å². The van der Waals surface area contributed by atoms with Crippen LogP contribution in [0.1, 0.15) is 11.1 Å². The number of nitrogens with zero attached hydrogens (tertiary/aromatic N) is 3. The fourth-order valence-electron chi connectivity index (χ4n) is 2.58. The highest BCUT2D eigenvalue weighted by Crippen LogP contribution is 2.30. The molecule has 2 aromatic heterocycles. The minimum atomic E-state index is -0.235. The van der Waals surface area contributed by atoms with E-state index in [1.165, 1.54) is 17.7 Å². The monoisotopic (exact) mass is 365 g/mol. The van der Waals surface area contributed by atoms with E-state index in [2.05, 4.69) is 22.3 Å². The van der Waals surface area contributed by atoms with Gasteiger partial charge < -0.3 is 4.42 Å². The molecular weight excluding hydrogens is 349 g/mol. The molecular formula is C20H16FN3OS. The number of thioether (sulfide) groups is 1. The maximum absolute atomic E-state index is 13.1. The molecule has 4 nitrogen and oxygen atoms in total. The molecule has 26 heavy (non-hydrogen) atoms. The van der Waals surface area contributed by atoms with Crippen LogP contribution >= 0.6 is 11.8 Å². The fraction of sp³-hybridized carbons (Fsp3) is 0.100. The van der Waals surface area contributed by atoms with Gasteiger partial charge in [0, 0.05) is 11.4 Å². The number of furan rings is 1. The van der Waals surface area contributed by atoms with Gasteiger partial charge in [0.2, 0.25) is 5.82 Å². The molecule has 0 spiro atoms. The molecule has 0 aliphatic rings. The Labute approximate surface area is 154 Å². The summed E-state index contributed by atoms with van der Waals surface area (Å²) in [5, 5.41) is 9.42. The Kier molecular flexibility index (Phi) is 4.58. The molecule has 2 heterocycles. The molecule has 0 amide bonds. The first-order valence-electron chi connectivity index (χ1n) is 8.14. The van der Waals surface area contributed by atoms with Gasteiger partial charge in [-0.15, -0.1) is 10.2 Å². The van der Waals surface area contributed by atoms with Crippen LogP contribution < -0.4 is 0 Å². The summed E-state index contributed by atoms with van der Waals surface area (Å²) in [6, 6.07) is 18.4. The highest BCUT2D eigenvalue weighted by molar-refractivity contribution is 7.98. The summed E-state index contributed by atoms with van der Waals surface area (Å²) in [5.41, 5.74) is 3.17. The average Bonchev–Trinajstić information content (AvgIpc) is 3.31. The van der Waals surface area contributed by atoms with Crippen molar-refractivity contribution in [1.29, 1.82) is 0 Å². The SMILES string of the molecule is Cc1ccc(-n2c(SCc3ccc(F)cc3)nnc2-c2ccco2)cc1. The Bertz CT molecular complexity index is 993. The summed E-state index contributed by atoms with van der Waals surface area (Å²) < 4.78 is 20.6. The van der Waals surface area contributed by atoms with E-state index in [9.17, 15) is 4.39 Å².